The number of thioether (sulfide) groups is 1. The molecule has 16 heavy (non-hydrogen) atoms. The second kappa shape index (κ2) is 4.18. The van der Waals surface area contributed by atoms with Crippen molar-refractivity contribution in [3.05, 3.63) is 65.7 Å². The molecule has 0 saturated carbocycles. The Balaban J connectivity index is 2.04. The molecule has 1 aliphatic rings. The first-order valence-corrected chi connectivity index (χ1v) is 6.40. The van der Waals surface area contributed by atoms with Crippen LogP contribution in [0.15, 0.2) is 59.5 Å². The van der Waals surface area contributed by atoms with Crippen LogP contribution in [0.5, 0.6) is 0 Å². The number of hydrogen-bond donors (Lipinski definition) is 0. The lowest BCUT2D eigenvalue weighted by Crippen LogP contribution is -1.94. The van der Waals surface area contributed by atoms with Gasteiger partial charge in [0.25, 0.3) is 0 Å². The summed E-state index contributed by atoms with van der Waals surface area (Å²) in [5.41, 5.74) is 4.10. The fraction of sp³-hybridized carbons (Fsp3) is 0.0667. The van der Waals surface area contributed by atoms with Crippen molar-refractivity contribution in [3.63, 3.8) is 0 Å². The van der Waals surface area contributed by atoms with Gasteiger partial charge in [-0.05, 0) is 28.8 Å². The first-order valence-electron chi connectivity index (χ1n) is 5.41. The molecule has 0 N–H and O–H groups in total. The summed E-state index contributed by atoms with van der Waals surface area (Å²) in [6.07, 6.45) is 2.31. The molecule has 0 aromatic heterocycles. The van der Waals surface area contributed by atoms with E-state index in [1.54, 1.807) is 0 Å². The molecule has 0 saturated heterocycles. The van der Waals surface area contributed by atoms with Gasteiger partial charge in [0.2, 0.25) is 0 Å². The van der Waals surface area contributed by atoms with Gasteiger partial charge in [-0.2, -0.15) is 0 Å². The summed E-state index contributed by atoms with van der Waals surface area (Å²) in [6.45, 7) is 0. The number of benzene rings is 2. The Morgan fingerprint density at radius 3 is 2.44 bits per heavy atom. The first-order chi connectivity index (χ1) is 7.93. The predicted octanol–water partition coefficient (Wildman–Crippen LogP) is 4.33. The molecule has 0 unspecified atom stereocenters. The van der Waals surface area contributed by atoms with E-state index in [-0.39, 0.29) is 0 Å². The van der Waals surface area contributed by atoms with Gasteiger partial charge < -0.3 is 0 Å². The fourth-order valence-electron chi connectivity index (χ4n) is 1.93. The molecular weight excluding hydrogens is 212 g/mol. The Morgan fingerprint density at radius 1 is 0.812 bits per heavy atom. The molecule has 1 aliphatic heterocycles. The second-order valence-electron chi connectivity index (χ2n) is 3.86. The Hall–Kier alpha value is -1.47. The molecule has 0 aliphatic carbocycles. The molecule has 1 heteroatoms. The molecule has 0 atom stereocenters. The van der Waals surface area contributed by atoms with E-state index >= 15 is 0 Å². The van der Waals surface area contributed by atoms with E-state index in [2.05, 4.69) is 60.7 Å². The summed E-state index contributed by atoms with van der Waals surface area (Å²) in [4.78, 5) is 1.39. The number of rotatable bonds is 1. The summed E-state index contributed by atoms with van der Waals surface area (Å²) < 4.78 is 0. The van der Waals surface area contributed by atoms with E-state index in [1.807, 2.05) is 11.8 Å². The van der Waals surface area contributed by atoms with Crippen molar-refractivity contribution in [1.29, 1.82) is 0 Å². The predicted molar refractivity (Wildman–Crippen MR) is 71.5 cm³/mol. The maximum absolute atomic E-state index is 2.31. The van der Waals surface area contributed by atoms with Crippen LogP contribution >= 0.6 is 11.8 Å². The number of fused-ring (bicyclic) bond motifs is 1. The zero-order valence-electron chi connectivity index (χ0n) is 8.89. The standard InChI is InChI=1S/C15H12S/c1-2-6-12(7-3-1)14-10-13-8-4-5-9-15(13)16-11-14/h1-10H,11H2. The highest BCUT2D eigenvalue weighted by atomic mass is 32.2. The summed E-state index contributed by atoms with van der Waals surface area (Å²) in [7, 11) is 0. The normalized spacial score (nSPS) is 14.1. The van der Waals surface area contributed by atoms with Crippen LogP contribution in [0, 0.1) is 0 Å². The van der Waals surface area contributed by atoms with Crippen molar-refractivity contribution in [3.8, 4) is 0 Å². The minimum Gasteiger partial charge on any atom is -0.121 e. The smallest absolute Gasteiger partial charge is 0.0238 e. The van der Waals surface area contributed by atoms with E-state index in [4.69, 9.17) is 0 Å². The van der Waals surface area contributed by atoms with Crippen molar-refractivity contribution in [1.82, 2.24) is 0 Å². The van der Waals surface area contributed by atoms with Crippen molar-refractivity contribution in [2.24, 2.45) is 0 Å². The molecule has 0 fully saturated rings. The zero-order valence-corrected chi connectivity index (χ0v) is 9.71. The largest absolute Gasteiger partial charge is 0.121 e. The molecule has 2 aromatic rings. The highest BCUT2D eigenvalue weighted by Crippen LogP contribution is 2.35. The van der Waals surface area contributed by atoms with Gasteiger partial charge >= 0.3 is 0 Å². The van der Waals surface area contributed by atoms with Crippen LogP contribution in [0.3, 0.4) is 0 Å². The van der Waals surface area contributed by atoms with Gasteiger partial charge in [0.05, 0.1) is 0 Å². The average molecular weight is 224 g/mol. The quantitative estimate of drug-likeness (QED) is 0.694. The molecule has 0 amide bonds. The second-order valence-corrected chi connectivity index (χ2v) is 4.88. The van der Waals surface area contributed by atoms with Crippen molar-refractivity contribution >= 4 is 23.4 Å². The molecule has 0 bridgehead atoms. The van der Waals surface area contributed by atoms with Crippen LogP contribution in [0.4, 0.5) is 0 Å². The van der Waals surface area contributed by atoms with E-state index in [0.29, 0.717) is 0 Å². The molecule has 1 heterocycles. The van der Waals surface area contributed by atoms with Crippen molar-refractivity contribution in [2.75, 3.05) is 5.75 Å². The van der Waals surface area contributed by atoms with Gasteiger partial charge in [0, 0.05) is 10.6 Å². The molecular formula is C15H12S. The summed E-state index contributed by atoms with van der Waals surface area (Å²) in [5, 5.41) is 0. The van der Waals surface area contributed by atoms with Crippen LogP contribution in [-0.4, -0.2) is 5.75 Å². The van der Waals surface area contributed by atoms with Crippen LogP contribution in [-0.2, 0) is 0 Å². The maximum atomic E-state index is 2.31. The van der Waals surface area contributed by atoms with Gasteiger partial charge in [-0.1, -0.05) is 48.5 Å². The molecule has 3 rings (SSSR count). The van der Waals surface area contributed by atoms with E-state index in [9.17, 15) is 0 Å². The number of hydrogen-bond acceptors (Lipinski definition) is 1. The lowest BCUT2D eigenvalue weighted by atomic mass is 10.0. The van der Waals surface area contributed by atoms with Gasteiger partial charge in [-0.15, -0.1) is 11.8 Å². The summed E-state index contributed by atoms with van der Waals surface area (Å²) in [5.74, 6) is 1.07. The van der Waals surface area contributed by atoms with E-state index in [0.717, 1.165) is 5.75 Å². The van der Waals surface area contributed by atoms with E-state index in [1.165, 1.54) is 21.6 Å². The van der Waals surface area contributed by atoms with E-state index < -0.39 is 0 Å². The Morgan fingerprint density at radius 2 is 1.56 bits per heavy atom. The summed E-state index contributed by atoms with van der Waals surface area (Å²) >= 11 is 1.92. The lowest BCUT2D eigenvalue weighted by molar-refractivity contribution is 1.40. The fourth-order valence-corrected chi connectivity index (χ4v) is 2.96. The van der Waals surface area contributed by atoms with Crippen LogP contribution in [0.25, 0.3) is 11.6 Å². The monoisotopic (exact) mass is 224 g/mol. The Labute approximate surface area is 100 Å². The summed E-state index contributed by atoms with van der Waals surface area (Å²) in [6, 6.07) is 19.2. The van der Waals surface area contributed by atoms with Gasteiger partial charge in [-0.25, -0.2) is 0 Å². The average Bonchev–Trinajstić information content (AvgIpc) is 2.39. The first kappa shape index (κ1) is 9.73. The molecule has 0 spiro atoms. The zero-order chi connectivity index (χ0) is 10.8. The maximum Gasteiger partial charge on any atom is 0.0238 e. The Bertz CT molecular complexity index is 526. The minimum absolute atomic E-state index is 1.07. The Kier molecular flexibility index (Phi) is 2.55. The SMILES string of the molecule is C1=C(c2ccccc2)CSc2ccccc21. The minimum atomic E-state index is 1.07. The highest BCUT2D eigenvalue weighted by molar-refractivity contribution is 7.99. The van der Waals surface area contributed by atoms with Gasteiger partial charge in [-0.3, -0.25) is 0 Å². The molecule has 78 valence electrons. The van der Waals surface area contributed by atoms with Crippen molar-refractivity contribution < 1.29 is 0 Å². The third-order valence-electron chi connectivity index (χ3n) is 2.78. The third-order valence-corrected chi connectivity index (χ3v) is 3.91. The molecule has 0 radical (unpaired) electrons. The molecule has 2 aromatic carbocycles. The van der Waals surface area contributed by atoms with Gasteiger partial charge in [0.1, 0.15) is 0 Å². The van der Waals surface area contributed by atoms with Crippen LogP contribution in [0.2, 0.25) is 0 Å². The highest BCUT2D eigenvalue weighted by Gasteiger charge is 2.10. The van der Waals surface area contributed by atoms with Crippen LogP contribution < -0.4 is 0 Å². The van der Waals surface area contributed by atoms with Gasteiger partial charge in [0.15, 0.2) is 0 Å². The van der Waals surface area contributed by atoms with Crippen LogP contribution in [0.1, 0.15) is 11.1 Å². The third kappa shape index (κ3) is 1.79. The topological polar surface area (TPSA) is 0 Å². The molecule has 0 nitrogen and oxygen atoms in total. The lowest BCUT2D eigenvalue weighted by Gasteiger charge is -2.15. The van der Waals surface area contributed by atoms with Crippen molar-refractivity contribution in [2.45, 2.75) is 4.90 Å².